The first kappa shape index (κ1) is 10.8. The quantitative estimate of drug-likeness (QED) is 0.747. The molecular formula is C11H14N6O. The molecule has 2 aromatic heterocycles. The Morgan fingerprint density at radius 1 is 1.61 bits per heavy atom. The second-order valence-corrected chi connectivity index (χ2v) is 4.47. The summed E-state index contributed by atoms with van der Waals surface area (Å²) in [6.45, 7) is 0. The van der Waals surface area contributed by atoms with Crippen LogP contribution in [0.2, 0.25) is 0 Å². The summed E-state index contributed by atoms with van der Waals surface area (Å²) in [7, 11) is 1.75. The van der Waals surface area contributed by atoms with Gasteiger partial charge in [-0.25, -0.2) is 0 Å². The van der Waals surface area contributed by atoms with Crippen LogP contribution in [-0.4, -0.2) is 25.9 Å². The third-order valence-corrected chi connectivity index (χ3v) is 3.10. The number of aromatic amines is 1. The van der Waals surface area contributed by atoms with Gasteiger partial charge in [0.1, 0.15) is 5.82 Å². The van der Waals surface area contributed by atoms with Gasteiger partial charge in [0.05, 0.1) is 17.6 Å². The highest BCUT2D eigenvalue weighted by Gasteiger charge is 2.30. The number of H-pyrrole nitrogens is 1. The zero-order chi connectivity index (χ0) is 12.7. The lowest BCUT2D eigenvalue weighted by atomic mass is 10.2. The molecule has 18 heavy (non-hydrogen) atoms. The van der Waals surface area contributed by atoms with Crippen molar-refractivity contribution in [3.63, 3.8) is 0 Å². The fraction of sp³-hybridized carbons (Fsp3) is 0.364. The van der Waals surface area contributed by atoms with Crippen molar-refractivity contribution in [1.82, 2.24) is 20.0 Å². The van der Waals surface area contributed by atoms with Crippen molar-refractivity contribution in [2.24, 2.45) is 7.05 Å². The van der Waals surface area contributed by atoms with Crippen molar-refractivity contribution in [2.75, 3.05) is 11.1 Å². The van der Waals surface area contributed by atoms with Crippen molar-refractivity contribution in [3.05, 3.63) is 23.7 Å². The van der Waals surface area contributed by atoms with Crippen LogP contribution >= 0.6 is 0 Å². The molecule has 1 aliphatic rings. The first-order valence-electron chi connectivity index (χ1n) is 5.80. The second kappa shape index (κ2) is 3.86. The van der Waals surface area contributed by atoms with Gasteiger partial charge >= 0.3 is 0 Å². The number of amides is 1. The highest BCUT2D eigenvalue weighted by atomic mass is 16.2. The van der Waals surface area contributed by atoms with E-state index in [1.54, 1.807) is 24.0 Å². The number of nitrogens with zero attached hydrogens (tertiary/aromatic N) is 3. The molecule has 0 bridgehead atoms. The fourth-order valence-corrected chi connectivity index (χ4v) is 1.89. The Hall–Kier alpha value is -2.31. The maximum Gasteiger partial charge on any atom is 0.279 e. The third-order valence-electron chi connectivity index (χ3n) is 3.10. The van der Waals surface area contributed by atoms with Crippen LogP contribution in [0, 0.1) is 0 Å². The summed E-state index contributed by atoms with van der Waals surface area (Å²) in [6, 6.07) is 1.71. The van der Waals surface area contributed by atoms with Crippen LogP contribution in [0.15, 0.2) is 12.3 Å². The molecule has 94 valence electrons. The first-order valence-corrected chi connectivity index (χ1v) is 5.80. The monoisotopic (exact) mass is 246 g/mol. The molecule has 2 heterocycles. The molecule has 0 spiro atoms. The Bertz CT molecular complexity index is 594. The number of nitrogens with two attached hydrogens (primary N) is 1. The van der Waals surface area contributed by atoms with Gasteiger partial charge in [-0.15, -0.1) is 0 Å². The van der Waals surface area contributed by atoms with E-state index in [1.807, 2.05) is 0 Å². The summed E-state index contributed by atoms with van der Waals surface area (Å²) >= 11 is 0. The Balaban J connectivity index is 1.82. The van der Waals surface area contributed by atoms with E-state index >= 15 is 0 Å². The Morgan fingerprint density at radius 2 is 2.39 bits per heavy atom. The highest BCUT2D eigenvalue weighted by molar-refractivity contribution is 6.06. The number of hydrogen-bond donors (Lipinski definition) is 3. The molecule has 0 aromatic carbocycles. The summed E-state index contributed by atoms with van der Waals surface area (Å²) in [5, 5.41) is 13.5. The van der Waals surface area contributed by atoms with Crippen LogP contribution in [0.5, 0.6) is 0 Å². The number of carbonyl (C=O) groups excluding carboxylic acids is 1. The molecule has 7 nitrogen and oxygen atoms in total. The van der Waals surface area contributed by atoms with Crippen LogP contribution in [0.25, 0.3) is 0 Å². The summed E-state index contributed by atoms with van der Waals surface area (Å²) < 4.78 is 1.57. The number of hydrogen-bond acceptors (Lipinski definition) is 4. The van der Waals surface area contributed by atoms with Crippen LogP contribution in [0.1, 0.15) is 34.9 Å². The normalized spacial score (nSPS) is 14.7. The zero-order valence-electron chi connectivity index (χ0n) is 9.97. The number of aryl methyl sites for hydroxylation is 1. The summed E-state index contributed by atoms with van der Waals surface area (Å²) in [5.74, 6) is 0.727. The first-order chi connectivity index (χ1) is 8.66. The van der Waals surface area contributed by atoms with Crippen LogP contribution < -0.4 is 11.1 Å². The predicted octanol–water partition coefficient (Wildman–Crippen LogP) is 0.855. The molecule has 1 amide bonds. The molecule has 2 aromatic rings. The Labute approximate surface area is 103 Å². The molecule has 1 saturated carbocycles. The van der Waals surface area contributed by atoms with E-state index in [1.165, 1.54) is 0 Å². The van der Waals surface area contributed by atoms with Crippen LogP contribution in [0.3, 0.4) is 0 Å². The van der Waals surface area contributed by atoms with Crippen LogP contribution in [-0.2, 0) is 7.05 Å². The SMILES string of the molecule is Cn1nccc1NC(=O)c1n[nH]c(C2CC2)c1N. The summed E-state index contributed by atoms with van der Waals surface area (Å²) in [4.78, 5) is 12.0. The number of anilines is 2. The number of carbonyl (C=O) groups is 1. The summed E-state index contributed by atoms with van der Waals surface area (Å²) in [5.41, 5.74) is 7.52. The van der Waals surface area contributed by atoms with Crippen molar-refractivity contribution < 1.29 is 4.79 Å². The maximum absolute atomic E-state index is 12.0. The Morgan fingerprint density at radius 3 is 3.00 bits per heavy atom. The van der Waals surface area contributed by atoms with E-state index in [4.69, 9.17) is 5.73 Å². The minimum absolute atomic E-state index is 0.248. The second-order valence-electron chi connectivity index (χ2n) is 4.47. The van der Waals surface area contributed by atoms with Gasteiger partial charge in [0, 0.05) is 19.0 Å². The lowest BCUT2D eigenvalue weighted by Crippen LogP contribution is -2.16. The molecule has 1 aliphatic carbocycles. The molecule has 1 fully saturated rings. The summed E-state index contributed by atoms with van der Waals surface area (Å²) in [6.07, 6.45) is 3.82. The van der Waals surface area contributed by atoms with Gasteiger partial charge in [-0.05, 0) is 12.8 Å². The minimum Gasteiger partial charge on any atom is -0.395 e. The Kier molecular flexibility index (Phi) is 2.32. The van der Waals surface area contributed by atoms with Gasteiger partial charge in [0.25, 0.3) is 5.91 Å². The van der Waals surface area contributed by atoms with Gasteiger partial charge in [-0.2, -0.15) is 10.2 Å². The largest absolute Gasteiger partial charge is 0.395 e. The molecule has 0 atom stereocenters. The molecule has 4 N–H and O–H groups in total. The molecule has 0 radical (unpaired) electrons. The van der Waals surface area contributed by atoms with Crippen molar-refractivity contribution in [2.45, 2.75) is 18.8 Å². The minimum atomic E-state index is -0.320. The lowest BCUT2D eigenvalue weighted by molar-refractivity contribution is 0.102. The van der Waals surface area contributed by atoms with Crippen LogP contribution in [0.4, 0.5) is 11.5 Å². The van der Waals surface area contributed by atoms with E-state index in [-0.39, 0.29) is 11.6 Å². The van der Waals surface area contributed by atoms with Crippen molar-refractivity contribution in [3.8, 4) is 0 Å². The average Bonchev–Trinajstić information content (AvgIpc) is 3.00. The molecule has 0 unspecified atom stereocenters. The number of rotatable bonds is 3. The maximum atomic E-state index is 12.0. The molecular weight excluding hydrogens is 232 g/mol. The van der Waals surface area contributed by atoms with E-state index in [0.717, 1.165) is 18.5 Å². The van der Waals surface area contributed by atoms with E-state index in [0.29, 0.717) is 17.4 Å². The molecule has 0 saturated heterocycles. The number of nitrogen functional groups attached to an aromatic ring is 1. The van der Waals surface area contributed by atoms with Gasteiger partial charge in [0.15, 0.2) is 5.69 Å². The standard InChI is InChI=1S/C11H14N6O/c1-17-7(4-5-13-17)14-11(18)10-8(12)9(15-16-10)6-2-3-6/h4-6H,2-3,12H2,1H3,(H,14,18)(H,15,16). The average molecular weight is 246 g/mol. The number of nitrogens with one attached hydrogen (secondary N) is 2. The smallest absolute Gasteiger partial charge is 0.279 e. The van der Waals surface area contributed by atoms with Gasteiger partial charge in [-0.1, -0.05) is 0 Å². The third kappa shape index (κ3) is 1.73. The highest BCUT2D eigenvalue weighted by Crippen LogP contribution is 2.42. The topological polar surface area (TPSA) is 102 Å². The van der Waals surface area contributed by atoms with Gasteiger partial charge in [-0.3, -0.25) is 14.6 Å². The van der Waals surface area contributed by atoms with E-state index in [9.17, 15) is 4.79 Å². The predicted molar refractivity (Wildman–Crippen MR) is 66.1 cm³/mol. The molecule has 3 rings (SSSR count). The van der Waals surface area contributed by atoms with Crippen molar-refractivity contribution in [1.29, 1.82) is 0 Å². The fourth-order valence-electron chi connectivity index (χ4n) is 1.89. The van der Waals surface area contributed by atoms with Crippen molar-refractivity contribution >= 4 is 17.4 Å². The van der Waals surface area contributed by atoms with Gasteiger partial charge < -0.3 is 11.1 Å². The van der Waals surface area contributed by atoms with E-state index in [2.05, 4.69) is 20.6 Å². The zero-order valence-corrected chi connectivity index (χ0v) is 9.97. The number of aromatic nitrogens is 4. The van der Waals surface area contributed by atoms with E-state index < -0.39 is 0 Å². The lowest BCUT2D eigenvalue weighted by Gasteiger charge is -2.03. The molecule has 7 heteroatoms. The molecule has 0 aliphatic heterocycles. The van der Waals surface area contributed by atoms with Gasteiger partial charge in [0.2, 0.25) is 0 Å².